The minimum absolute atomic E-state index is 0.586. The van der Waals surface area contributed by atoms with E-state index < -0.39 is 0 Å². The van der Waals surface area contributed by atoms with Crippen molar-refractivity contribution in [3.63, 3.8) is 0 Å². The Labute approximate surface area is 81.2 Å². The summed E-state index contributed by atoms with van der Waals surface area (Å²) in [4.78, 5) is 0. The van der Waals surface area contributed by atoms with Crippen LogP contribution >= 0.6 is 0 Å². The van der Waals surface area contributed by atoms with Gasteiger partial charge in [-0.05, 0) is 24.0 Å². The highest BCUT2D eigenvalue weighted by molar-refractivity contribution is 5.38. The lowest BCUT2D eigenvalue weighted by Gasteiger charge is -1.96. The second kappa shape index (κ2) is 4.90. The summed E-state index contributed by atoms with van der Waals surface area (Å²) in [6.07, 6.45) is 10.1. The van der Waals surface area contributed by atoms with Crippen LogP contribution in [0.2, 0.25) is 0 Å². The van der Waals surface area contributed by atoms with Gasteiger partial charge in [-0.15, -0.1) is 0 Å². The van der Waals surface area contributed by atoms with Crippen LogP contribution in [-0.4, -0.2) is 6.54 Å². The highest BCUT2D eigenvalue weighted by atomic mass is 14.9. The smallest absolute Gasteiger partial charge is 0.0370 e. The van der Waals surface area contributed by atoms with Crippen LogP contribution in [-0.2, 0) is 0 Å². The SMILES string of the molecule is CC.CC1C=CC2=C(C=C1)NCC2. The van der Waals surface area contributed by atoms with Crippen molar-refractivity contribution in [2.45, 2.75) is 27.2 Å². The fourth-order valence-electron chi connectivity index (χ4n) is 1.50. The molecule has 1 unspecified atom stereocenters. The normalized spacial score (nSPS) is 24.4. The van der Waals surface area contributed by atoms with Crippen molar-refractivity contribution in [1.82, 2.24) is 5.32 Å². The molecule has 1 aliphatic carbocycles. The predicted molar refractivity (Wildman–Crippen MR) is 58.4 cm³/mol. The maximum Gasteiger partial charge on any atom is 0.0370 e. The monoisotopic (exact) mass is 177 g/mol. The Bertz CT molecular complexity index is 222. The van der Waals surface area contributed by atoms with Gasteiger partial charge < -0.3 is 5.32 Å². The van der Waals surface area contributed by atoms with E-state index in [-0.39, 0.29) is 0 Å². The second-order valence-corrected chi connectivity index (χ2v) is 3.19. The molecule has 0 radical (unpaired) electrons. The third-order valence-corrected chi connectivity index (χ3v) is 2.22. The van der Waals surface area contributed by atoms with Crippen LogP contribution in [0.5, 0.6) is 0 Å². The Kier molecular flexibility index (Phi) is 3.81. The van der Waals surface area contributed by atoms with Crippen molar-refractivity contribution >= 4 is 0 Å². The molecule has 0 aromatic carbocycles. The molecule has 1 heteroatoms. The van der Waals surface area contributed by atoms with Gasteiger partial charge in [0, 0.05) is 12.2 Å². The molecule has 2 aliphatic rings. The minimum Gasteiger partial charge on any atom is -0.384 e. The molecule has 1 atom stereocenters. The summed E-state index contributed by atoms with van der Waals surface area (Å²) in [6.45, 7) is 7.31. The predicted octanol–water partition coefficient (Wildman–Crippen LogP) is 3.02. The third kappa shape index (κ3) is 2.48. The summed E-state index contributed by atoms with van der Waals surface area (Å²) in [6, 6.07) is 0. The number of hydrogen-bond donors (Lipinski definition) is 1. The maximum absolute atomic E-state index is 3.36. The molecule has 1 heterocycles. The van der Waals surface area contributed by atoms with Gasteiger partial charge in [0.15, 0.2) is 0 Å². The maximum atomic E-state index is 3.36. The molecule has 1 aliphatic heterocycles. The zero-order chi connectivity index (χ0) is 9.68. The summed E-state index contributed by atoms with van der Waals surface area (Å²) in [5.74, 6) is 0.586. The minimum atomic E-state index is 0.586. The summed E-state index contributed by atoms with van der Waals surface area (Å²) in [7, 11) is 0. The fraction of sp³-hybridized carbons (Fsp3) is 0.500. The number of nitrogens with one attached hydrogen (secondary N) is 1. The molecule has 0 aromatic heterocycles. The summed E-state index contributed by atoms with van der Waals surface area (Å²) < 4.78 is 0. The van der Waals surface area contributed by atoms with Gasteiger partial charge in [0.05, 0.1) is 0 Å². The molecule has 1 nitrogen and oxygen atoms in total. The van der Waals surface area contributed by atoms with Gasteiger partial charge in [0.1, 0.15) is 0 Å². The Morgan fingerprint density at radius 2 is 1.92 bits per heavy atom. The van der Waals surface area contributed by atoms with E-state index in [1.54, 1.807) is 0 Å². The van der Waals surface area contributed by atoms with E-state index in [1.165, 1.54) is 17.7 Å². The van der Waals surface area contributed by atoms with Crippen molar-refractivity contribution in [1.29, 1.82) is 0 Å². The van der Waals surface area contributed by atoms with Gasteiger partial charge in [-0.2, -0.15) is 0 Å². The molecule has 0 fully saturated rings. The van der Waals surface area contributed by atoms with Crippen molar-refractivity contribution in [2.75, 3.05) is 6.54 Å². The van der Waals surface area contributed by atoms with E-state index in [0.717, 1.165) is 6.54 Å². The third-order valence-electron chi connectivity index (χ3n) is 2.22. The van der Waals surface area contributed by atoms with Crippen molar-refractivity contribution in [3.05, 3.63) is 35.6 Å². The molecule has 0 saturated heterocycles. The topological polar surface area (TPSA) is 12.0 Å². The first-order chi connectivity index (χ1) is 6.36. The first-order valence-electron chi connectivity index (χ1n) is 5.20. The zero-order valence-electron chi connectivity index (χ0n) is 8.80. The molecule has 13 heavy (non-hydrogen) atoms. The zero-order valence-corrected chi connectivity index (χ0v) is 8.80. The van der Waals surface area contributed by atoms with E-state index in [2.05, 4.69) is 36.5 Å². The van der Waals surface area contributed by atoms with Crippen LogP contribution < -0.4 is 5.32 Å². The highest BCUT2D eigenvalue weighted by Gasteiger charge is 2.10. The van der Waals surface area contributed by atoms with Crippen molar-refractivity contribution in [3.8, 4) is 0 Å². The first kappa shape index (κ1) is 10.1. The molecule has 1 N–H and O–H groups in total. The van der Waals surface area contributed by atoms with Crippen LogP contribution in [0.3, 0.4) is 0 Å². The van der Waals surface area contributed by atoms with Gasteiger partial charge >= 0.3 is 0 Å². The lowest BCUT2D eigenvalue weighted by Crippen LogP contribution is -2.04. The standard InChI is InChI=1S/C10H13N.C2H6/c1-8-2-4-9-6-7-11-10(9)5-3-8;1-2/h2-5,8,11H,6-7H2,1H3;1-2H3. The molecule has 0 bridgehead atoms. The van der Waals surface area contributed by atoms with Gasteiger partial charge in [-0.3, -0.25) is 0 Å². The number of allylic oxidation sites excluding steroid dienone is 4. The van der Waals surface area contributed by atoms with E-state index in [1.807, 2.05) is 13.8 Å². The van der Waals surface area contributed by atoms with Crippen LogP contribution in [0.4, 0.5) is 0 Å². The van der Waals surface area contributed by atoms with E-state index in [4.69, 9.17) is 0 Å². The Morgan fingerprint density at radius 3 is 2.69 bits per heavy atom. The average molecular weight is 177 g/mol. The molecule has 0 spiro atoms. The second-order valence-electron chi connectivity index (χ2n) is 3.19. The average Bonchev–Trinajstić information content (AvgIpc) is 2.56. The van der Waals surface area contributed by atoms with Crippen molar-refractivity contribution < 1.29 is 0 Å². The number of hydrogen-bond acceptors (Lipinski definition) is 1. The van der Waals surface area contributed by atoms with Crippen LogP contribution in [0.1, 0.15) is 27.2 Å². The van der Waals surface area contributed by atoms with E-state index in [0.29, 0.717) is 5.92 Å². The Balaban J connectivity index is 0.000000396. The number of rotatable bonds is 0. The summed E-state index contributed by atoms with van der Waals surface area (Å²) >= 11 is 0. The van der Waals surface area contributed by atoms with Crippen LogP contribution in [0, 0.1) is 5.92 Å². The van der Waals surface area contributed by atoms with Gasteiger partial charge in [-0.25, -0.2) is 0 Å². The largest absolute Gasteiger partial charge is 0.384 e. The Morgan fingerprint density at radius 1 is 1.23 bits per heavy atom. The lowest BCUT2D eigenvalue weighted by atomic mass is 10.1. The molecule has 0 amide bonds. The first-order valence-corrected chi connectivity index (χ1v) is 5.20. The lowest BCUT2D eigenvalue weighted by molar-refractivity contribution is 0.876. The highest BCUT2D eigenvalue weighted by Crippen LogP contribution is 2.20. The molecule has 0 aromatic rings. The van der Waals surface area contributed by atoms with Gasteiger partial charge in [-0.1, -0.05) is 39.0 Å². The van der Waals surface area contributed by atoms with E-state index >= 15 is 0 Å². The quantitative estimate of drug-likeness (QED) is 0.599. The summed E-state index contributed by atoms with van der Waals surface area (Å²) in [5, 5.41) is 3.36. The van der Waals surface area contributed by atoms with Gasteiger partial charge in [0.2, 0.25) is 0 Å². The Hall–Kier alpha value is -0.980. The molecule has 0 saturated carbocycles. The van der Waals surface area contributed by atoms with Crippen molar-refractivity contribution in [2.24, 2.45) is 5.92 Å². The summed E-state index contributed by atoms with van der Waals surface area (Å²) in [5.41, 5.74) is 2.79. The van der Waals surface area contributed by atoms with Crippen LogP contribution in [0.25, 0.3) is 0 Å². The van der Waals surface area contributed by atoms with Crippen LogP contribution in [0.15, 0.2) is 35.6 Å². The van der Waals surface area contributed by atoms with Gasteiger partial charge in [0.25, 0.3) is 0 Å². The fourth-order valence-corrected chi connectivity index (χ4v) is 1.50. The molecular weight excluding hydrogens is 158 g/mol. The molecule has 2 rings (SSSR count). The molecule has 72 valence electrons. The van der Waals surface area contributed by atoms with E-state index in [9.17, 15) is 0 Å². The molecular formula is C12H19N.